The average molecular weight is 221 g/mol. The van der Waals surface area contributed by atoms with E-state index in [-0.39, 0.29) is 0 Å². The van der Waals surface area contributed by atoms with E-state index in [9.17, 15) is 0 Å². The Balaban J connectivity index is 3.61. The molecule has 2 N–H and O–H groups in total. The lowest BCUT2D eigenvalue weighted by atomic mass is 10.5. The minimum atomic E-state index is -2.37. The van der Waals surface area contributed by atoms with Gasteiger partial charge in [0.1, 0.15) is 0 Å². The lowest BCUT2D eigenvalue weighted by Gasteiger charge is -2.24. The topological polar surface area (TPSA) is 67.8 Å². The molecule has 0 amide bonds. The number of nitrogens with two attached hydrogens (primary N) is 1. The summed E-state index contributed by atoms with van der Waals surface area (Å²) in [6, 6.07) is 0.796. The summed E-state index contributed by atoms with van der Waals surface area (Å²) >= 11 is 0. The Hall–Kier alpha value is 0.0169. The first kappa shape index (κ1) is 14.0. The van der Waals surface area contributed by atoms with Crippen LogP contribution in [0.1, 0.15) is 6.42 Å². The third kappa shape index (κ3) is 5.04. The van der Waals surface area contributed by atoms with Gasteiger partial charge in [-0.1, -0.05) is 0 Å². The molecule has 0 bridgehead atoms. The van der Waals surface area contributed by atoms with Gasteiger partial charge in [0.25, 0.3) is 0 Å². The predicted molar refractivity (Wildman–Crippen MR) is 57.1 cm³/mol. The van der Waals surface area contributed by atoms with Crippen molar-refractivity contribution in [3.8, 4) is 0 Å². The van der Waals surface area contributed by atoms with Crippen LogP contribution < -0.4 is 11.1 Å². The van der Waals surface area contributed by atoms with Crippen LogP contribution in [-0.4, -0.2) is 49.8 Å². The molecule has 0 aromatic rings. The van der Waals surface area contributed by atoms with Crippen molar-refractivity contribution in [2.45, 2.75) is 12.5 Å². The molecule has 0 spiro atoms. The molecule has 6 heteroatoms. The minimum Gasteiger partial charge on any atom is -0.377 e. The molecule has 5 nitrogen and oxygen atoms in total. The maximum absolute atomic E-state index is 5.32. The van der Waals surface area contributed by atoms with E-state index in [0.717, 1.165) is 25.6 Å². The van der Waals surface area contributed by atoms with E-state index in [1.165, 1.54) is 0 Å². The largest absolute Gasteiger partial charge is 0.500 e. The SMILES string of the molecule is CO[Si](CCC[N]CCN)(OC)OC. The molecule has 0 aromatic carbocycles. The van der Waals surface area contributed by atoms with E-state index in [1.54, 1.807) is 21.3 Å². The Morgan fingerprint density at radius 1 is 1.07 bits per heavy atom. The lowest BCUT2D eigenvalue weighted by Crippen LogP contribution is -2.43. The van der Waals surface area contributed by atoms with Crippen molar-refractivity contribution in [3.05, 3.63) is 0 Å². The standard InChI is InChI=1S/C8H21N2O3Si/c1-11-14(12-2,13-3)8-4-6-10-7-5-9/h4-9H2,1-3H3. The maximum Gasteiger partial charge on any atom is 0.500 e. The molecule has 0 heterocycles. The molecule has 85 valence electrons. The van der Waals surface area contributed by atoms with Crippen LogP contribution >= 0.6 is 0 Å². The molecule has 1 radical (unpaired) electrons. The van der Waals surface area contributed by atoms with Gasteiger partial charge in [-0.05, 0) is 6.42 Å². The van der Waals surface area contributed by atoms with Gasteiger partial charge in [-0.3, -0.25) is 0 Å². The van der Waals surface area contributed by atoms with Crippen molar-refractivity contribution >= 4 is 8.80 Å². The molecule has 0 aliphatic heterocycles. The van der Waals surface area contributed by atoms with Crippen molar-refractivity contribution in [3.63, 3.8) is 0 Å². The summed E-state index contributed by atoms with van der Waals surface area (Å²) < 4.78 is 15.8. The first-order valence-electron chi connectivity index (χ1n) is 4.73. The van der Waals surface area contributed by atoms with E-state index < -0.39 is 8.80 Å². The van der Waals surface area contributed by atoms with Gasteiger partial charge in [-0.25, -0.2) is 5.32 Å². The first-order chi connectivity index (χ1) is 6.74. The van der Waals surface area contributed by atoms with Crippen molar-refractivity contribution in [2.24, 2.45) is 5.73 Å². The predicted octanol–water partition coefficient (Wildman–Crippen LogP) is -0.182. The average Bonchev–Trinajstić information content (AvgIpc) is 2.24. The van der Waals surface area contributed by atoms with E-state index in [2.05, 4.69) is 5.32 Å². The first-order valence-corrected chi connectivity index (χ1v) is 6.66. The van der Waals surface area contributed by atoms with Crippen molar-refractivity contribution in [1.29, 1.82) is 0 Å². The fourth-order valence-corrected chi connectivity index (χ4v) is 2.87. The second kappa shape index (κ2) is 8.34. The second-order valence-electron chi connectivity index (χ2n) is 2.86. The Labute approximate surface area is 87.3 Å². The molecule has 0 rings (SSSR count). The molecule has 0 aromatic heterocycles. The Bertz CT molecular complexity index is 125. The third-order valence-corrected chi connectivity index (χ3v) is 4.85. The number of nitrogens with zero attached hydrogens (tertiary/aromatic N) is 1. The van der Waals surface area contributed by atoms with Crippen LogP contribution in [0.3, 0.4) is 0 Å². The highest BCUT2D eigenvalue weighted by Crippen LogP contribution is 2.14. The second-order valence-corrected chi connectivity index (χ2v) is 5.95. The van der Waals surface area contributed by atoms with Gasteiger partial charge < -0.3 is 19.0 Å². The van der Waals surface area contributed by atoms with Crippen molar-refractivity contribution in [1.82, 2.24) is 5.32 Å². The summed E-state index contributed by atoms with van der Waals surface area (Å²) in [7, 11) is 2.49. The van der Waals surface area contributed by atoms with Gasteiger partial charge in [0.05, 0.1) is 0 Å². The zero-order valence-electron chi connectivity index (χ0n) is 9.28. The van der Waals surface area contributed by atoms with Crippen LogP contribution in [0.2, 0.25) is 6.04 Å². The van der Waals surface area contributed by atoms with Crippen LogP contribution in [0.4, 0.5) is 0 Å². The Kier molecular flexibility index (Phi) is 8.35. The monoisotopic (exact) mass is 221 g/mol. The highest BCUT2D eigenvalue weighted by molar-refractivity contribution is 6.60. The molecule has 0 aliphatic carbocycles. The molecular formula is C8H21N2O3Si. The summed E-state index contributed by atoms with van der Waals surface area (Å²) in [5.41, 5.74) is 5.32. The van der Waals surface area contributed by atoms with Crippen LogP contribution in [0, 0.1) is 0 Å². The van der Waals surface area contributed by atoms with Crippen LogP contribution in [0.5, 0.6) is 0 Å². The van der Waals surface area contributed by atoms with Crippen molar-refractivity contribution < 1.29 is 13.3 Å². The third-order valence-electron chi connectivity index (χ3n) is 2.02. The zero-order chi connectivity index (χ0) is 10.9. The van der Waals surface area contributed by atoms with E-state index in [0.29, 0.717) is 6.54 Å². The van der Waals surface area contributed by atoms with Gasteiger partial charge in [-0.15, -0.1) is 0 Å². The minimum absolute atomic E-state index is 0.613. The van der Waals surface area contributed by atoms with Crippen molar-refractivity contribution in [2.75, 3.05) is 41.0 Å². The van der Waals surface area contributed by atoms with Gasteiger partial charge in [-0.2, -0.15) is 0 Å². The molecule has 0 aliphatic rings. The van der Waals surface area contributed by atoms with Crippen LogP contribution in [0.15, 0.2) is 0 Å². The summed E-state index contributed by atoms with van der Waals surface area (Å²) in [5.74, 6) is 0. The van der Waals surface area contributed by atoms with E-state index in [1.807, 2.05) is 0 Å². The highest BCUT2D eigenvalue weighted by Gasteiger charge is 2.36. The quantitative estimate of drug-likeness (QED) is 0.433. The zero-order valence-corrected chi connectivity index (χ0v) is 10.3. The van der Waals surface area contributed by atoms with Gasteiger partial charge >= 0.3 is 8.80 Å². The smallest absolute Gasteiger partial charge is 0.377 e. The Morgan fingerprint density at radius 3 is 2.07 bits per heavy atom. The summed E-state index contributed by atoms with van der Waals surface area (Å²) in [6.07, 6.45) is 0.918. The molecule has 0 fully saturated rings. The molecule has 14 heavy (non-hydrogen) atoms. The van der Waals surface area contributed by atoms with Crippen LogP contribution in [-0.2, 0) is 13.3 Å². The normalized spacial score (nSPS) is 12.0. The maximum atomic E-state index is 5.32. The fourth-order valence-electron chi connectivity index (χ4n) is 1.17. The van der Waals surface area contributed by atoms with Gasteiger partial charge in [0.2, 0.25) is 0 Å². The molecular weight excluding hydrogens is 200 g/mol. The number of rotatable bonds is 9. The Morgan fingerprint density at radius 2 is 1.64 bits per heavy atom. The molecule has 0 saturated carbocycles. The van der Waals surface area contributed by atoms with E-state index in [4.69, 9.17) is 19.0 Å². The summed E-state index contributed by atoms with van der Waals surface area (Å²) in [4.78, 5) is 0. The van der Waals surface area contributed by atoms with E-state index >= 15 is 0 Å². The fraction of sp³-hybridized carbons (Fsp3) is 1.00. The molecule has 0 atom stereocenters. The molecule has 0 saturated heterocycles. The lowest BCUT2D eigenvalue weighted by molar-refractivity contribution is 0.123. The number of hydrogen-bond acceptors (Lipinski definition) is 4. The highest BCUT2D eigenvalue weighted by atomic mass is 28.4. The molecule has 0 unspecified atom stereocenters. The number of hydrogen-bond donors (Lipinski definition) is 1. The summed E-state index contributed by atoms with van der Waals surface area (Å²) in [5, 5.41) is 4.23. The van der Waals surface area contributed by atoms with Gasteiger partial charge in [0.15, 0.2) is 0 Å². The summed E-state index contributed by atoms with van der Waals surface area (Å²) in [6.45, 7) is 2.13. The van der Waals surface area contributed by atoms with Gasteiger partial charge in [0, 0.05) is 47.0 Å². The van der Waals surface area contributed by atoms with Crippen LogP contribution in [0.25, 0.3) is 0 Å².